The first-order valence-electron chi connectivity index (χ1n) is 10.1. The van der Waals surface area contributed by atoms with E-state index in [9.17, 15) is 19.3 Å². The zero-order valence-electron chi connectivity index (χ0n) is 17.3. The Morgan fingerprint density at radius 3 is 2.71 bits per heavy atom. The molecule has 0 fully saturated rings. The van der Waals surface area contributed by atoms with Crippen LogP contribution in [0, 0.1) is 15.9 Å². The monoisotopic (exact) mass is 495 g/mol. The van der Waals surface area contributed by atoms with Crippen LogP contribution in [0.25, 0.3) is 5.70 Å². The molecule has 1 amide bonds. The molecule has 0 aliphatic carbocycles. The van der Waals surface area contributed by atoms with Gasteiger partial charge >= 0.3 is 0 Å². The fourth-order valence-corrected chi connectivity index (χ4v) is 4.72. The number of amides is 1. The van der Waals surface area contributed by atoms with Gasteiger partial charge in [0.05, 0.1) is 10.3 Å². The second kappa shape index (κ2) is 8.88. The van der Waals surface area contributed by atoms with Gasteiger partial charge in [-0.2, -0.15) is 0 Å². The molecule has 8 nitrogen and oxygen atoms in total. The van der Waals surface area contributed by atoms with Crippen molar-refractivity contribution < 1.29 is 14.1 Å². The summed E-state index contributed by atoms with van der Waals surface area (Å²) in [5, 5.41) is 21.6. The Balaban J connectivity index is 1.59. The Bertz CT molecular complexity index is 1500. The highest BCUT2D eigenvalue weighted by molar-refractivity contribution is 8.13. The number of hydrogen-bond donors (Lipinski definition) is 1. The van der Waals surface area contributed by atoms with Gasteiger partial charge < -0.3 is 0 Å². The molecule has 1 N–H and O–H groups in total. The van der Waals surface area contributed by atoms with Crippen molar-refractivity contribution in [3.8, 4) is 0 Å². The van der Waals surface area contributed by atoms with E-state index in [4.69, 9.17) is 16.6 Å². The number of nitrogens with one attached hydrogen (secondary N) is 1. The predicted octanol–water partition coefficient (Wildman–Crippen LogP) is 3.46. The Labute approximate surface area is 201 Å². The van der Waals surface area contributed by atoms with Crippen molar-refractivity contribution in [2.45, 2.75) is 11.9 Å². The van der Waals surface area contributed by atoms with E-state index in [1.54, 1.807) is 48.5 Å². The third-order valence-electron chi connectivity index (χ3n) is 5.30. The van der Waals surface area contributed by atoms with Crippen molar-refractivity contribution in [3.63, 3.8) is 0 Å². The number of para-hydroxylation sites is 1. The van der Waals surface area contributed by atoms with Crippen molar-refractivity contribution in [1.29, 1.82) is 0 Å². The predicted molar refractivity (Wildman–Crippen MR) is 127 cm³/mol. The summed E-state index contributed by atoms with van der Waals surface area (Å²) in [4.78, 5) is 28.7. The number of hydrogen-bond acceptors (Lipinski definition) is 7. The van der Waals surface area contributed by atoms with Gasteiger partial charge in [0.1, 0.15) is 16.5 Å². The lowest BCUT2D eigenvalue weighted by Gasteiger charge is -2.34. The van der Waals surface area contributed by atoms with E-state index in [-0.39, 0.29) is 33.1 Å². The molecule has 0 aromatic heterocycles. The molecule has 0 radical (unpaired) electrons. The number of nitro benzene ring substituents is 1. The molecule has 170 valence electrons. The highest BCUT2D eigenvalue weighted by Gasteiger charge is 2.35. The van der Waals surface area contributed by atoms with Crippen molar-refractivity contribution in [2.24, 2.45) is 10.1 Å². The second-order valence-corrected chi connectivity index (χ2v) is 8.79. The number of amidine groups is 1. The normalized spacial score (nSPS) is 16.7. The molecule has 0 saturated heterocycles. The molecule has 34 heavy (non-hydrogen) atoms. The molecular formula is C23H15ClFN5O3S. The lowest BCUT2D eigenvalue weighted by molar-refractivity contribution is -0.384. The standard InChI is InChI=1S/C23H15ClFN5O3S/c24-16-10-9-13(11-19(16)30(32)33)21-26-18-8-4-2-6-15(18)20-22(31)27-23(28-29(20)21)34-12-14-5-1-3-7-17(14)25/h1-11,21H,12H2,(H,27,28,31). The molecule has 3 aromatic rings. The summed E-state index contributed by atoms with van der Waals surface area (Å²) in [7, 11) is 0. The van der Waals surface area contributed by atoms with Gasteiger partial charge in [0.15, 0.2) is 11.3 Å². The molecule has 2 heterocycles. The van der Waals surface area contributed by atoms with E-state index < -0.39 is 17.0 Å². The first kappa shape index (κ1) is 22.1. The molecule has 2 aliphatic rings. The fraction of sp³-hybridized carbons (Fsp3) is 0.0870. The lowest BCUT2D eigenvalue weighted by atomic mass is 10.1. The topological polar surface area (TPSA) is 100 Å². The number of rotatable bonds is 4. The average molecular weight is 496 g/mol. The van der Waals surface area contributed by atoms with Crippen LogP contribution in [-0.2, 0) is 10.5 Å². The number of carbonyl (C=O) groups excluding carboxylic acids is 1. The molecule has 5 rings (SSSR count). The molecule has 0 saturated carbocycles. The Kier molecular flexibility index (Phi) is 5.76. The van der Waals surface area contributed by atoms with Crippen LogP contribution < -0.4 is 15.9 Å². The minimum Gasteiger partial charge on any atom is -0.298 e. The van der Waals surface area contributed by atoms with Gasteiger partial charge in [0.2, 0.25) is 0 Å². The van der Waals surface area contributed by atoms with Gasteiger partial charge in [-0.15, -0.1) is 5.10 Å². The van der Waals surface area contributed by atoms with Crippen LogP contribution in [0.3, 0.4) is 0 Å². The first-order chi connectivity index (χ1) is 16.4. The number of hydrazone groups is 1. The summed E-state index contributed by atoms with van der Waals surface area (Å²) in [5.74, 6) is -0.500. The quantitative estimate of drug-likeness (QED) is 0.441. The van der Waals surface area contributed by atoms with E-state index in [0.29, 0.717) is 21.7 Å². The Hall–Kier alpha value is -3.76. The molecular weight excluding hydrogens is 481 g/mol. The van der Waals surface area contributed by atoms with Gasteiger partial charge in [-0.1, -0.05) is 65.8 Å². The van der Waals surface area contributed by atoms with Crippen LogP contribution in [0.5, 0.6) is 0 Å². The fourth-order valence-electron chi connectivity index (χ4n) is 3.70. The van der Waals surface area contributed by atoms with Gasteiger partial charge in [-0.25, -0.2) is 9.40 Å². The van der Waals surface area contributed by atoms with E-state index in [1.165, 1.54) is 35.0 Å². The number of benzene rings is 3. The summed E-state index contributed by atoms with van der Waals surface area (Å²) < 4.78 is 14.0. The van der Waals surface area contributed by atoms with Gasteiger partial charge in [0, 0.05) is 22.6 Å². The number of nitro groups is 1. The molecule has 2 aliphatic heterocycles. The number of thioether (sulfide) groups is 1. The van der Waals surface area contributed by atoms with Crippen LogP contribution in [0.2, 0.25) is 5.02 Å². The smallest absolute Gasteiger partial charge is 0.288 e. The minimum absolute atomic E-state index is 0.00446. The summed E-state index contributed by atoms with van der Waals surface area (Å²) in [6.45, 7) is 0. The zero-order chi connectivity index (χ0) is 23.8. The van der Waals surface area contributed by atoms with Crippen molar-refractivity contribution in [2.75, 3.05) is 0 Å². The number of carbonyl (C=O) groups is 1. The summed E-state index contributed by atoms with van der Waals surface area (Å²) in [6, 6.07) is 17.8. The molecule has 1 unspecified atom stereocenters. The third-order valence-corrected chi connectivity index (χ3v) is 6.53. The first-order valence-corrected chi connectivity index (χ1v) is 11.4. The molecule has 3 aromatic carbocycles. The highest BCUT2D eigenvalue weighted by atomic mass is 35.5. The number of halogens is 2. The van der Waals surface area contributed by atoms with Crippen LogP contribution in [0.1, 0.15) is 17.3 Å². The number of nitrogens with zero attached hydrogens (tertiary/aromatic N) is 4. The van der Waals surface area contributed by atoms with E-state index in [1.807, 2.05) is 0 Å². The van der Waals surface area contributed by atoms with Crippen LogP contribution in [0.15, 0.2) is 76.8 Å². The SMILES string of the molecule is O=C1NC(SCc2ccccc2F)=NN2C1=c1ccccc1=NC2c1ccc(Cl)c([N+](=O)[O-])c1. The van der Waals surface area contributed by atoms with Crippen LogP contribution >= 0.6 is 23.4 Å². The summed E-state index contributed by atoms with van der Waals surface area (Å²) >= 11 is 7.16. The zero-order valence-corrected chi connectivity index (χ0v) is 18.9. The second-order valence-electron chi connectivity index (χ2n) is 7.42. The van der Waals surface area contributed by atoms with Crippen molar-refractivity contribution in [3.05, 3.63) is 109 Å². The maximum atomic E-state index is 14.0. The lowest BCUT2D eigenvalue weighted by Crippen LogP contribution is -2.50. The van der Waals surface area contributed by atoms with Crippen molar-refractivity contribution in [1.82, 2.24) is 10.3 Å². The van der Waals surface area contributed by atoms with Crippen LogP contribution in [-0.4, -0.2) is 21.0 Å². The van der Waals surface area contributed by atoms with E-state index >= 15 is 0 Å². The van der Waals surface area contributed by atoms with Gasteiger partial charge in [-0.3, -0.25) is 25.2 Å². The maximum absolute atomic E-state index is 14.0. The largest absolute Gasteiger partial charge is 0.298 e. The summed E-state index contributed by atoms with van der Waals surface area (Å²) in [6.07, 6.45) is -0.837. The average Bonchev–Trinajstić information content (AvgIpc) is 2.83. The molecule has 0 spiro atoms. The van der Waals surface area contributed by atoms with Gasteiger partial charge in [-0.05, 0) is 23.8 Å². The highest BCUT2D eigenvalue weighted by Crippen LogP contribution is 2.35. The Morgan fingerprint density at radius 2 is 1.91 bits per heavy atom. The minimum atomic E-state index is -0.837. The third kappa shape index (κ3) is 4.02. The maximum Gasteiger partial charge on any atom is 0.288 e. The Morgan fingerprint density at radius 1 is 1.15 bits per heavy atom. The van der Waals surface area contributed by atoms with E-state index in [2.05, 4.69) is 10.4 Å². The van der Waals surface area contributed by atoms with Crippen molar-refractivity contribution >= 4 is 45.8 Å². The molecule has 11 heteroatoms. The van der Waals surface area contributed by atoms with Crippen LogP contribution in [0.4, 0.5) is 10.1 Å². The summed E-state index contributed by atoms with van der Waals surface area (Å²) in [5.41, 5.74) is 0.913. The van der Waals surface area contributed by atoms with Gasteiger partial charge in [0.25, 0.3) is 11.6 Å². The molecule has 1 atom stereocenters. The van der Waals surface area contributed by atoms with E-state index in [0.717, 1.165) is 0 Å². The molecule has 0 bridgehead atoms. The number of fused-ring (bicyclic) bond motifs is 2.